The lowest BCUT2D eigenvalue weighted by Gasteiger charge is -2.32. The number of hydrogen-bond donors (Lipinski definition) is 1. The van der Waals surface area contributed by atoms with Gasteiger partial charge in [0.05, 0.1) is 12.2 Å². The summed E-state index contributed by atoms with van der Waals surface area (Å²) in [6.45, 7) is 3.35. The molecule has 2 heterocycles. The molecule has 2 aliphatic rings. The van der Waals surface area contributed by atoms with E-state index in [1.807, 2.05) is 19.2 Å². The fraction of sp³-hybridized carbons (Fsp3) is 0.600. The second-order valence-electron chi connectivity index (χ2n) is 5.61. The Bertz CT molecular complexity index is 440. The third-order valence-corrected chi connectivity index (χ3v) is 4.00. The van der Waals surface area contributed by atoms with Crippen molar-refractivity contribution in [2.24, 2.45) is 0 Å². The van der Waals surface area contributed by atoms with Crippen LogP contribution < -0.4 is 5.32 Å². The maximum atomic E-state index is 13.9. The quantitative estimate of drug-likeness (QED) is 0.899. The highest BCUT2D eigenvalue weighted by Crippen LogP contribution is 2.27. The summed E-state index contributed by atoms with van der Waals surface area (Å²) in [4.78, 5) is 2.33. The topological polar surface area (TPSA) is 24.5 Å². The minimum Gasteiger partial charge on any atom is -0.372 e. The smallest absolute Gasteiger partial charge is 0.127 e. The van der Waals surface area contributed by atoms with Gasteiger partial charge in [0.1, 0.15) is 5.82 Å². The summed E-state index contributed by atoms with van der Waals surface area (Å²) in [6.07, 6.45) is 3.04. The lowest BCUT2D eigenvalue weighted by Crippen LogP contribution is -2.42. The standard InChI is InChI=1S/C15H21FN2O/c1-17-7-11-2-5-15(16)12(6-11)8-18-9-13-3-4-14(10-18)19-13/h2,5-6,13-14,17H,3-4,7-10H2,1H3. The minimum absolute atomic E-state index is 0.0984. The Labute approximate surface area is 113 Å². The number of benzene rings is 1. The third kappa shape index (κ3) is 2.96. The summed E-state index contributed by atoms with van der Waals surface area (Å²) in [7, 11) is 1.91. The van der Waals surface area contributed by atoms with Gasteiger partial charge in [-0.2, -0.15) is 0 Å². The molecule has 2 saturated heterocycles. The van der Waals surface area contributed by atoms with Gasteiger partial charge < -0.3 is 10.1 Å². The van der Waals surface area contributed by atoms with Gasteiger partial charge in [-0.15, -0.1) is 0 Å². The first kappa shape index (κ1) is 13.0. The molecule has 3 nitrogen and oxygen atoms in total. The predicted octanol–water partition coefficient (Wildman–Crippen LogP) is 1.91. The largest absolute Gasteiger partial charge is 0.372 e. The van der Waals surface area contributed by atoms with Crippen molar-refractivity contribution >= 4 is 0 Å². The van der Waals surface area contributed by atoms with E-state index >= 15 is 0 Å². The molecule has 2 atom stereocenters. The number of nitrogens with one attached hydrogen (secondary N) is 1. The maximum Gasteiger partial charge on any atom is 0.127 e. The number of fused-ring (bicyclic) bond motifs is 2. The highest BCUT2D eigenvalue weighted by Gasteiger charge is 2.33. The van der Waals surface area contributed by atoms with Crippen molar-refractivity contribution in [2.45, 2.75) is 38.1 Å². The highest BCUT2D eigenvalue weighted by atomic mass is 19.1. The van der Waals surface area contributed by atoms with Crippen molar-refractivity contribution in [3.05, 3.63) is 35.1 Å². The van der Waals surface area contributed by atoms with E-state index in [9.17, 15) is 4.39 Å². The summed E-state index contributed by atoms with van der Waals surface area (Å²) in [6, 6.07) is 5.40. The summed E-state index contributed by atoms with van der Waals surface area (Å²) in [5.74, 6) is -0.0984. The lowest BCUT2D eigenvalue weighted by molar-refractivity contribution is -0.0413. The van der Waals surface area contributed by atoms with Gasteiger partial charge in [-0.05, 0) is 31.5 Å². The SMILES string of the molecule is CNCc1ccc(F)c(CN2CC3CCC(C2)O3)c1. The van der Waals surface area contributed by atoms with E-state index in [1.165, 1.54) is 0 Å². The molecule has 4 heteroatoms. The molecule has 1 aromatic rings. The van der Waals surface area contributed by atoms with Gasteiger partial charge in [-0.1, -0.05) is 12.1 Å². The van der Waals surface area contributed by atoms with Crippen LogP contribution in [-0.4, -0.2) is 37.2 Å². The molecule has 0 aliphatic carbocycles. The Morgan fingerprint density at radius 1 is 1.32 bits per heavy atom. The van der Waals surface area contributed by atoms with Crippen LogP contribution in [0.3, 0.4) is 0 Å². The van der Waals surface area contributed by atoms with Crippen molar-refractivity contribution in [3.63, 3.8) is 0 Å². The zero-order valence-electron chi connectivity index (χ0n) is 11.4. The molecule has 0 amide bonds. The van der Waals surface area contributed by atoms with E-state index in [2.05, 4.69) is 10.2 Å². The van der Waals surface area contributed by atoms with Crippen LogP contribution in [0.4, 0.5) is 4.39 Å². The van der Waals surface area contributed by atoms with Crippen molar-refractivity contribution in [3.8, 4) is 0 Å². The van der Waals surface area contributed by atoms with Crippen LogP contribution in [0.1, 0.15) is 24.0 Å². The molecule has 1 N–H and O–H groups in total. The number of rotatable bonds is 4. The van der Waals surface area contributed by atoms with Gasteiger partial charge in [0.2, 0.25) is 0 Å². The fourth-order valence-electron chi connectivity index (χ4n) is 3.13. The molecule has 2 fully saturated rings. The van der Waals surface area contributed by atoms with Crippen LogP contribution in [0, 0.1) is 5.82 Å². The summed E-state index contributed by atoms with van der Waals surface area (Å²) in [5.41, 5.74) is 1.93. The van der Waals surface area contributed by atoms with Crippen LogP contribution in [0.2, 0.25) is 0 Å². The third-order valence-electron chi connectivity index (χ3n) is 4.00. The van der Waals surface area contributed by atoms with Gasteiger partial charge in [-0.25, -0.2) is 4.39 Å². The van der Waals surface area contributed by atoms with Crippen LogP contribution in [-0.2, 0) is 17.8 Å². The second-order valence-corrected chi connectivity index (χ2v) is 5.61. The van der Waals surface area contributed by atoms with Gasteiger partial charge >= 0.3 is 0 Å². The first-order valence-corrected chi connectivity index (χ1v) is 7.04. The van der Waals surface area contributed by atoms with Gasteiger partial charge in [0.25, 0.3) is 0 Å². The molecule has 0 aromatic heterocycles. The molecule has 0 radical (unpaired) electrons. The number of halogens is 1. The van der Waals surface area contributed by atoms with Gasteiger partial charge in [0.15, 0.2) is 0 Å². The van der Waals surface area contributed by atoms with Crippen molar-refractivity contribution < 1.29 is 9.13 Å². The Balaban J connectivity index is 1.70. The Hall–Kier alpha value is -0.970. The van der Waals surface area contributed by atoms with Gasteiger partial charge in [-0.3, -0.25) is 4.90 Å². The molecule has 3 rings (SSSR count). The Morgan fingerprint density at radius 2 is 2.05 bits per heavy atom. The van der Waals surface area contributed by atoms with E-state index in [4.69, 9.17) is 4.74 Å². The van der Waals surface area contributed by atoms with Crippen LogP contribution in [0.25, 0.3) is 0 Å². The number of likely N-dealkylation sites (tertiary alicyclic amines) is 1. The lowest BCUT2D eigenvalue weighted by atomic mass is 10.1. The number of nitrogens with zero attached hydrogens (tertiary/aromatic N) is 1. The minimum atomic E-state index is -0.0984. The first-order chi connectivity index (χ1) is 9.24. The molecule has 1 aromatic carbocycles. The summed E-state index contributed by atoms with van der Waals surface area (Å²) in [5, 5.41) is 3.10. The fourth-order valence-corrected chi connectivity index (χ4v) is 3.13. The average Bonchev–Trinajstić information content (AvgIpc) is 2.73. The normalized spacial score (nSPS) is 26.8. The molecule has 19 heavy (non-hydrogen) atoms. The van der Waals surface area contributed by atoms with Crippen LogP contribution >= 0.6 is 0 Å². The van der Waals surface area contributed by atoms with E-state index in [-0.39, 0.29) is 5.82 Å². The number of morpholine rings is 1. The van der Waals surface area contributed by atoms with E-state index in [0.29, 0.717) is 18.8 Å². The molecular formula is C15H21FN2O. The van der Waals surface area contributed by atoms with Crippen molar-refractivity contribution in [1.82, 2.24) is 10.2 Å². The van der Waals surface area contributed by atoms with Crippen molar-refractivity contribution in [1.29, 1.82) is 0 Å². The Kier molecular flexibility index (Phi) is 3.82. The monoisotopic (exact) mass is 264 g/mol. The zero-order chi connectivity index (χ0) is 13.2. The number of hydrogen-bond acceptors (Lipinski definition) is 3. The Morgan fingerprint density at radius 3 is 2.74 bits per heavy atom. The van der Waals surface area contributed by atoms with E-state index < -0.39 is 0 Å². The molecular weight excluding hydrogens is 243 g/mol. The van der Waals surface area contributed by atoms with Crippen LogP contribution in [0.15, 0.2) is 18.2 Å². The average molecular weight is 264 g/mol. The molecule has 2 aliphatic heterocycles. The van der Waals surface area contributed by atoms with Gasteiger partial charge in [0, 0.05) is 31.7 Å². The summed E-state index contributed by atoms with van der Waals surface area (Å²) < 4.78 is 19.7. The maximum absolute atomic E-state index is 13.9. The van der Waals surface area contributed by atoms with E-state index in [1.54, 1.807) is 6.07 Å². The second kappa shape index (κ2) is 5.57. The van der Waals surface area contributed by atoms with Crippen LogP contribution in [0.5, 0.6) is 0 Å². The van der Waals surface area contributed by atoms with Crippen molar-refractivity contribution in [2.75, 3.05) is 20.1 Å². The predicted molar refractivity (Wildman–Crippen MR) is 72.3 cm³/mol. The zero-order valence-corrected chi connectivity index (χ0v) is 11.4. The molecule has 104 valence electrons. The molecule has 2 unspecified atom stereocenters. The molecule has 2 bridgehead atoms. The number of ether oxygens (including phenoxy) is 1. The molecule has 0 spiro atoms. The summed E-state index contributed by atoms with van der Waals surface area (Å²) >= 11 is 0. The molecule has 0 saturated carbocycles. The highest BCUT2D eigenvalue weighted by molar-refractivity contribution is 5.25. The van der Waals surface area contributed by atoms with E-state index in [0.717, 1.165) is 43.6 Å². The first-order valence-electron chi connectivity index (χ1n) is 7.04.